The van der Waals surface area contributed by atoms with Crippen molar-refractivity contribution in [3.8, 4) is 0 Å². The number of H-pyrrole nitrogens is 1. The van der Waals surface area contributed by atoms with E-state index < -0.39 is 0 Å². The van der Waals surface area contributed by atoms with Gasteiger partial charge in [0.15, 0.2) is 0 Å². The minimum atomic E-state index is 0.392. The molecule has 0 amide bonds. The Morgan fingerprint density at radius 1 is 1.09 bits per heavy atom. The smallest absolute Gasteiger partial charge is 0.0459 e. The molecule has 1 unspecified atom stereocenters. The zero-order valence-electron chi connectivity index (χ0n) is 12.6. The standard InChI is InChI=1S/C20H20N2/c1-2-16-13-22(12-15-8-4-3-5-9-15)14-19-20(16)17-10-6-7-11-18(17)21-19/h2-11,16,21H,1,12-14H2. The molecule has 1 N–H and O–H groups in total. The highest BCUT2D eigenvalue weighted by molar-refractivity contribution is 5.85. The summed E-state index contributed by atoms with van der Waals surface area (Å²) < 4.78 is 0. The van der Waals surface area contributed by atoms with Crippen LogP contribution in [0.3, 0.4) is 0 Å². The van der Waals surface area contributed by atoms with Crippen molar-refractivity contribution in [3.63, 3.8) is 0 Å². The Balaban J connectivity index is 1.69. The first kappa shape index (κ1) is 13.4. The van der Waals surface area contributed by atoms with Crippen LogP contribution in [0.4, 0.5) is 0 Å². The minimum Gasteiger partial charge on any atom is -0.357 e. The zero-order valence-corrected chi connectivity index (χ0v) is 12.6. The molecule has 110 valence electrons. The van der Waals surface area contributed by atoms with Crippen molar-refractivity contribution in [3.05, 3.63) is 84.1 Å². The summed E-state index contributed by atoms with van der Waals surface area (Å²) in [5, 5.41) is 1.35. The molecule has 0 saturated carbocycles. The Morgan fingerprint density at radius 3 is 2.68 bits per heavy atom. The predicted octanol–water partition coefficient (Wildman–Crippen LogP) is 4.45. The van der Waals surface area contributed by atoms with Crippen molar-refractivity contribution in [1.82, 2.24) is 9.88 Å². The van der Waals surface area contributed by atoms with E-state index in [0.717, 1.165) is 19.6 Å². The molecule has 0 aliphatic carbocycles. The van der Waals surface area contributed by atoms with Gasteiger partial charge in [-0.3, -0.25) is 4.90 Å². The van der Waals surface area contributed by atoms with E-state index >= 15 is 0 Å². The summed E-state index contributed by atoms with van der Waals surface area (Å²) in [4.78, 5) is 6.11. The Bertz CT molecular complexity index is 801. The Kier molecular flexibility index (Phi) is 3.32. The number of benzene rings is 2. The topological polar surface area (TPSA) is 19.0 Å². The van der Waals surface area contributed by atoms with Gasteiger partial charge in [0.1, 0.15) is 0 Å². The molecular formula is C20H20N2. The third-order valence-electron chi connectivity index (χ3n) is 4.57. The number of hydrogen-bond donors (Lipinski definition) is 1. The molecule has 4 rings (SSSR count). The monoisotopic (exact) mass is 288 g/mol. The van der Waals surface area contributed by atoms with E-state index in [-0.39, 0.29) is 0 Å². The lowest BCUT2D eigenvalue weighted by Gasteiger charge is -2.31. The number of nitrogens with one attached hydrogen (secondary N) is 1. The highest BCUT2D eigenvalue weighted by Crippen LogP contribution is 2.35. The van der Waals surface area contributed by atoms with E-state index in [1.807, 2.05) is 0 Å². The molecule has 0 fully saturated rings. The third-order valence-corrected chi connectivity index (χ3v) is 4.57. The number of para-hydroxylation sites is 1. The lowest BCUT2D eigenvalue weighted by Crippen LogP contribution is -2.32. The van der Waals surface area contributed by atoms with Gasteiger partial charge in [0.25, 0.3) is 0 Å². The second-order valence-corrected chi connectivity index (χ2v) is 6.06. The molecular weight excluding hydrogens is 268 g/mol. The summed E-state index contributed by atoms with van der Waals surface area (Å²) in [6, 6.07) is 19.3. The van der Waals surface area contributed by atoms with E-state index in [1.165, 1.54) is 27.7 Å². The zero-order chi connectivity index (χ0) is 14.9. The maximum Gasteiger partial charge on any atom is 0.0459 e. The van der Waals surface area contributed by atoms with Crippen LogP contribution < -0.4 is 0 Å². The van der Waals surface area contributed by atoms with Crippen molar-refractivity contribution in [2.75, 3.05) is 6.54 Å². The maximum atomic E-state index is 4.07. The van der Waals surface area contributed by atoms with E-state index in [2.05, 4.69) is 77.1 Å². The fourth-order valence-corrected chi connectivity index (χ4v) is 3.58. The molecule has 22 heavy (non-hydrogen) atoms. The lowest BCUT2D eigenvalue weighted by atomic mass is 9.91. The van der Waals surface area contributed by atoms with E-state index in [0.29, 0.717) is 5.92 Å². The van der Waals surface area contributed by atoms with Gasteiger partial charge in [0.05, 0.1) is 0 Å². The molecule has 3 aromatic rings. The molecule has 1 aliphatic rings. The fourth-order valence-electron chi connectivity index (χ4n) is 3.58. The van der Waals surface area contributed by atoms with Crippen LogP contribution in [0.5, 0.6) is 0 Å². The van der Waals surface area contributed by atoms with Crippen LogP contribution in [0.15, 0.2) is 67.3 Å². The second-order valence-electron chi connectivity index (χ2n) is 6.06. The van der Waals surface area contributed by atoms with Crippen LogP contribution in [0.25, 0.3) is 10.9 Å². The first-order valence-electron chi connectivity index (χ1n) is 7.83. The number of aromatic nitrogens is 1. The quantitative estimate of drug-likeness (QED) is 0.705. The van der Waals surface area contributed by atoms with Crippen molar-refractivity contribution in [2.24, 2.45) is 0 Å². The van der Waals surface area contributed by atoms with E-state index in [4.69, 9.17) is 0 Å². The van der Waals surface area contributed by atoms with Gasteiger partial charge in [-0.1, -0.05) is 54.6 Å². The number of fused-ring (bicyclic) bond motifs is 3. The molecule has 0 bridgehead atoms. The van der Waals surface area contributed by atoms with Crippen molar-refractivity contribution < 1.29 is 0 Å². The summed E-state index contributed by atoms with van der Waals surface area (Å²) in [5.74, 6) is 0.392. The summed E-state index contributed by atoms with van der Waals surface area (Å²) >= 11 is 0. The molecule has 2 aromatic carbocycles. The minimum absolute atomic E-state index is 0.392. The Hall–Kier alpha value is -2.32. The molecule has 0 saturated heterocycles. The molecule has 1 atom stereocenters. The van der Waals surface area contributed by atoms with Gasteiger partial charge in [0, 0.05) is 42.1 Å². The van der Waals surface area contributed by atoms with Crippen LogP contribution in [0.2, 0.25) is 0 Å². The summed E-state index contributed by atoms with van der Waals surface area (Å²) in [6.45, 7) is 7.07. The van der Waals surface area contributed by atoms with Gasteiger partial charge in [0.2, 0.25) is 0 Å². The van der Waals surface area contributed by atoms with Gasteiger partial charge in [-0.25, -0.2) is 0 Å². The fraction of sp³-hybridized carbons (Fsp3) is 0.200. The SMILES string of the molecule is C=CC1CN(Cc2ccccc2)Cc2[nH]c3ccccc3c21. The first-order chi connectivity index (χ1) is 10.8. The number of aromatic amines is 1. The molecule has 0 radical (unpaired) electrons. The van der Waals surface area contributed by atoms with Crippen LogP contribution >= 0.6 is 0 Å². The van der Waals surface area contributed by atoms with Gasteiger partial charge in [-0.05, 0) is 17.2 Å². The van der Waals surface area contributed by atoms with Gasteiger partial charge in [-0.15, -0.1) is 6.58 Å². The molecule has 2 heteroatoms. The number of rotatable bonds is 3. The Labute approximate surface area is 131 Å². The predicted molar refractivity (Wildman–Crippen MR) is 91.8 cm³/mol. The molecule has 0 spiro atoms. The Morgan fingerprint density at radius 2 is 1.86 bits per heavy atom. The molecule has 1 aromatic heterocycles. The maximum absolute atomic E-state index is 4.07. The number of nitrogens with zero attached hydrogens (tertiary/aromatic N) is 1. The first-order valence-corrected chi connectivity index (χ1v) is 7.83. The number of hydrogen-bond acceptors (Lipinski definition) is 1. The van der Waals surface area contributed by atoms with Crippen molar-refractivity contribution in [2.45, 2.75) is 19.0 Å². The van der Waals surface area contributed by atoms with Gasteiger partial charge in [-0.2, -0.15) is 0 Å². The molecule has 2 nitrogen and oxygen atoms in total. The highest BCUT2D eigenvalue weighted by Gasteiger charge is 2.26. The average Bonchev–Trinajstić information content (AvgIpc) is 2.93. The van der Waals surface area contributed by atoms with Gasteiger partial charge >= 0.3 is 0 Å². The van der Waals surface area contributed by atoms with E-state index in [9.17, 15) is 0 Å². The lowest BCUT2D eigenvalue weighted by molar-refractivity contribution is 0.232. The average molecular weight is 288 g/mol. The van der Waals surface area contributed by atoms with Crippen LogP contribution in [0.1, 0.15) is 22.7 Å². The summed E-state index contributed by atoms with van der Waals surface area (Å²) in [7, 11) is 0. The van der Waals surface area contributed by atoms with Crippen LogP contribution in [0, 0.1) is 0 Å². The van der Waals surface area contributed by atoms with Crippen molar-refractivity contribution in [1.29, 1.82) is 0 Å². The summed E-state index contributed by atoms with van der Waals surface area (Å²) in [6.07, 6.45) is 2.09. The van der Waals surface area contributed by atoms with Crippen LogP contribution in [-0.2, 0) is 13.1 Å². The van der Waals surface area contributed by atoms with Crippen LogP contribution in [-0.4, -0.2) is 16.4 Å². The normalized spacial score (nSPS) is 18.3. The largest absolute Gasteiger partial charge is 0.357 e. The third kappa shape index (κ3) is 2.26. The van der Waals surface area contributed by atoms with E-state index in [1.54, 1.807) is 0 Å². The van der Waals surface area contributed by atoms with Gasteiger partial charge < -0.3 is 4.98 Å². The van der Waals surface area contributed by atoms with Crippen molar-refractivity contribution >= 4 is 10.9 Å². The molecule has 2 heterocycles. The highest BCUT2D eigenvalue weighted by atomic mass is 15.1. The molecule has 1 aliphatic heterocycles. The second kappa shape index (κ2) is 5.47. The summed E-state index contributed by atoms with van der Waals surface area (Å²) in [5.41, 5.74) is 5.38.